The van der Waals surface area contributed by atoms with E-state index in [9.17, 15) is 28.8 Å². The van der Waals surface area contributed by atoms with Gasteiger partial charge in [-0.25, -0.2) is 0 Å². The van der Waals surface area contributed by atoms with Gasteiger partial charge in [0.25, 0.3) is 0 Å². The van der Waals surface area contributed by atoms with Crippen molar-refractivity contribution in [3.8, 4) is 6.07 Å². The van der Waals surface area contributed by atoms with Crippen LogP contribution in [-0.2, 0) is 28.8 Å². The summed E-state index contributed by atoms with van der Waals surface area (Å²) in [6.45, 7) is 8.27. The van der Waals surface area contributed by atoms with Gasteiger partial charge in [-0.2, -0.15) is 30.5 Å². The lowest BCUT2D eigenvalue weighted by atomic mass is 9.60. The molecule has 68 heavy (non-hydrogen) atoms. The van der Waals surface area contributed by atoms with E-state index in [1.165, 1.54) is 78.6 Å². The molecule has 0 radical (unpaired) electrons. The summed E-state index contributed by atoms with van der Waals surface area (Å²) in [6.07, 6.45) is 30.5. The van der Waals surface area contributed by atoms with E-state index >= 15 is 0 Å². The van der Waals surface area contributed by atoms with Crippen molar-refractivity contribution in [3.63, 3.8) is 0 Å². The van der Waals surface area contributed by atoms with Gasteiger partial charge in [-0.3, -0.25) is 19.2 Å². The molecule has 2 spiro atoms. The number of nitriles is 1. The number of aliphatic hydroxyl groups excluding tert-OH is 1. The summed E-state index contributed by atoms with van der Waals surface area (Å²) in [5.74, 6) is 8.57. The molecule has 376 valence electrons. The second kappa shape index (κ2) is 26.0. The Morgan fingerprint density at radius 3 is 1.49 bits per heavy atom. The molecule has 6 atom stereocenters. The molecular formula is C54H77NO7S6. The quantitative estimate of drug-likeness (QED) is 0.107. The highest BCUT2D eigenvalue weighted by molar-refractivity contribution is 8.22. The highest BCUT2D eigenvalue weighted by Crippen LogP contribution is 2.60. The molecule has 10 rings (SSSR count). The van der Waals surface area contributed by atoms with Crippen molar-refractivity contribution in [2.24, 2.45) is 33.5 Å². The van der Waals surface area contributed by atoms with Crippen molar-refractivity contribution in [1.82, 2.24) is 0 Å². The average Bonchev–Trinajstić information content (AvgIpc) is 4.01. The van der Waals surface area contributed by atoms with Crippen LogP contribution >= 0.6 is 72.3 Å². The van der Waals surface area contributed by atoms with Crippen LogP contribution < -0.4 is 0 Å². The number of allylic oxidation sites excluding steroid dienone is 6. The summed E-state index contributed by atoms with van der Waals surface area (Å²) in [5, 5.41) is 14.9. The lowest BCUT2D eigenvalue weighted by Gasteiger charge is -2.47. The summed E-state index contributed by atoms with van der Waals surface area (Å²) in [5.41, 5.74) is 5.16. The average molecular weight is 1040 g/mol. The first-order chi connectivity index (χ1) is 32.5. The SMILES string of the molecule is CC12CCC(=O)C=C1CCCC2=O.CC12CCC3(C=C1CCCC2=O)SCCS3.C[C@]12CCC(=O)C=C1CCC[C@@H]2C=O.C[C@]12CCC3(C=C1CCC[C@@H]2C=O)SCCS3.N#CCO.SCCS. The van der Waals surface area contributed by atoms with Crippen LogP contribution in [0.3, 0.4) is 0 Å². The van der Waals surface area contributed by atoms with Crippen LogP contribution in [0, 0.1) is 44.8 Å². The number of fused-ring (bicyclic) bond motifs is 4. The van der Waals surface area contributed by atoms with Crippen LogP contribution in [0.15, 0.2) is 46.6 Å². The Kier molecular flexibility index (Phi) is 21.9. The minimum absolute atomic E-state index is 0.00604. The standard InChI is InChI=1S/C14H20OS2.C13H18OS2.C12H16O2.C11H14O2.C2H3NO.C2H6S2/c1-13-5-6-14(16-7-8-17-14)9-11(13)3-2-4-12(13)10-15;1-12-5-6-13(15-7-8-16-13)9-10(12)3-2-4-11(12)14;1-12-6-5-11(14)7-9(12)3-2-4-10(12)8-13;1-11-6-5-9(12)7-8(11)3-2-4-10(11)13;2*3-1-2-4/h9-10,12H,2-8H2,1H3;9H,2-8H2,1H3;7-8,10H,2-6H2,1H3;7H,2-6H2,1H3;4H,2H2;3-4H,1-2H2/t12-,13+;;10-,12+;;;/m1.1.../s1. The normalized spacial score (nSPS) is 33.7. The molecule has 2 aliphatic heterocycles. The first-order valence-electron chi connectivity index (χ1n) is 25.1. The Labute approximate surface area is 435 Å². The fourth-order valence-corrected chi connectivity index (χ4v) is 18.2. The number of ketones is 4. The van der Waals surface area contributed by atoms with Crippen molar-refractivity contribution >= 4 is 108 Å². The second-order valence-electron chi connectivity index (χ2n) is 20.7. The van der Waals surface area contributed by atoms with Crippen molar-refractivity contribution in [2.45, 2.75) is 164 Å². The topological polar surface area (TPSA) is 146 Å². The van der Waals surface area contributed by atoms with Crippen LogP contribution in [0.5, 0.6) is 0 Å². The van der Waals surface area contributed by atoms with Gasteiger partial charge in [0.15, 0.2) is 11.6 Å². The number of nitrogens with zero attached hydrogens (tertiary/aromatic N) is 1. The molecule has 0 aromatic heterocycles. The molecule has 2 unspecified atom stereocenters. The predicted molar refractivity (Wildman–Crippen MR) is 292 cm³/mol. The summed E-state index contributed by atoms with van der Waals surface area (Å²) >= 11 is 16.1. The van der Waals surface area contributed by atoms with Gasteiger partial charge in [-0.1, -0.05) is 48.3 Å². The lowest BCUT2D eigenvalue weighted by molar-refractivity contribution is -0.129. The summed E-state index contributed by atoms with van der Waals surface area (Å²) < 4.78 is 0.714. The summed E-state index contributed by atoms with van der Waals surface area (Å²) in [7, 11) is 0. The third-order valence-electron chi connectivity index (χ3n) is 16.6. The fraction of sp³-hybridized carbons (Fsp3) is 0.722. The minimum atomic E-state index is -0.375. The van der Waals surface area contributed by atoms with Gasteiger partial charge in [0.05, 0.1) is 14.2 Å². The molecule has 6 fully saturated rings. The molecule has 0 amide bonds. The van der Waals surface area contributed by atoms with Gasteiger partial charge in [0.1, 0.15) is 30.7 Å². The van der Waals surface area contributed by atoms with E-state index < -0.39 is 0 Å². The molecule has 0 aromatic carbocycles. The van der Waals surface area contributed by atoms with Crippen LogP contribution in [0.4, 0.5) is 0 Å². The number of rotatable bonds is 3. The maximum absolute atomic E-state index is 12.1. The number of thiol groups is 2. The number of Topliss-reactive ketones (excluding diaryl/α,β-unsaturated/α-hetero) is 2. The molecule has 1 N–H and O–H groups in total. The van der Waals surface area contributed by atoms with Crippen molar-refractivity contribution in [1.29, 1.82) is 5.26 Å². The van der Waals surface area contributed by atoms with Gasteiger partial charge in [0, 0.05) is 71.4 Å². The maximum atomic E-state index is 12.1. The zero-order valence-electron chi connectivity index (χ0n) is 41.1. The van der Waals surface area contributed by atoms with Crippen LogP contribution in [0.2, 0.25) is 0 Å². The minimum Gasteiger partial charge on any atom is -0.381 e. The molecule has 2 saturated heterocycles. The highest BCUT2D eigenvalue weighted by Gasteiger charge is 2.49. The Bertz CT molecular complexity index is 2010. The predicted octanol–water partition coefficient (Wildman–Crippen LogP) is 12.2. The van der Waals surface area contributed by atoms with Crippen LogP contribution in [0.25, 0.3) is 0 Å². The van der Waals surface area contributed by atoms with E-state index in [4.69, 9.17) is 10.4 Å². The van der Waals surface area contributed by atoms with E-state index in [2.05, 4.69) is 105 Å². The van der Waals surface area contributed by atoms with E-state index in [1.54, 1.807) is 17.7 Å². The number of carbonyl (C=O) groups excluding carboxylic acids is 6. The van der Waals surface area contributed by atoms with Gasteiger partial charge in [-0.15, -0.1) is 47.0 Å². The number of thioether (sulfide) groups is 4. The van der Waals surface area contributed by atoms with Gasteiger partial charge < -0.3 is 14.7 Å². The Hall–Kier alpha value is -1.47. The monoisotopic (exact) mass is 1040 g/mol. The van der Waals surface area contributed by atoms with E-state index in [0.29, 0.717) is 39.0 Å². The smallest absolute Gasteiger partial charge is 0.155 e. The summed E-state index contributed by atoms with van der Waals surface area (Å²) in [4.78, 5) is 68.6. The highest BCUT2D eigenvalue weighted by atomic mass is 32.2. The van der Waals surface area contributed by atoms with Crippen LogP contribution in [-0.4, -0.2) is 90.1 Å². The molecule has 4 saturated carbocycles. The first-order valence-corrected chi connectivity index (χ1v) is 30.3. The molecule has 0 aromatic rings. The molecule has 2 heterocycles. The first kappa shape index (κ1) is 57.4. The Morgan fingerprint density at radius 2 is 0.985 bits per heavy atom. The molecule has 8 nitrogen and oxygen atoms in total. The summed E-state index contributed by atoms with van der Waals surface area (Å²) in [6, 6.07) is 1.49. The molecule has 10 aliphatic rings. The number of hydrogen-bond donors (Lipinski definition) is 3. The third kappa shape index (κ3) is 13.6. The Balaban J connectivity index is 0.000000161. The van der Waals surface area contributed by atoms with E-state index in [1.807, 2.05) is 6.92 Å². The molecule has 14 heteroatoms. The molecule has 0 bridgehead atoms. The third-order valence-corrected chi connectivity index (χ3v) is 24.2. The fourth-order valence-electron chi connectivity index (χ4n) is 11.9. The van der Waals surface area contributed by atoms with E-state index in [0.717, 1.165) is 100 Å². The number of carbonyl (C=O) groups is 6. The molecular weight excluding hydrogens is 967 g/mol. The zero-order valence-corrected chi connectivity index (χ0v) is 46.1. The van der Waals surface area contributed by atoms with Crippen LogP contribution in [0.1, 0.15) is 156 Å². The van der Waals surface area contributed by atoms with Gasteiger partial charge in [-0.05, 0) is 151 Å². The van der Waals surface area contributed by atoms with E-state index in [-0.39, 0.29) is 51.7 Å². The van der Waals surface area contributed by atoms with Crippen molar-refractivity contribution in [3.05, 3.63) is 46.6 Å². The lowest BCUT2D eigenvalue weighted by Crippen LogP contribution is -2.39. The van der Waals surface area contributed by atoms with Gasteiger partial charge >= 0.3 is 0 Å². The number of hydrogen-bond acceptors (Lipinski definition) is 14. The number of aldehydes is 2. The van der Waals surface area contributed by atoms with Gasteiger partial charge in [0.2, 0.25) is 0 Å². The second-order valence-corrected chi connectivity index (χ2v) is 27.8. The maximum Gasteiger partial charge on any atom is 0.155 e. The van der Waals surface area contributed by atoms with Crippen molar-refractivity contribution < 1.29 is 33.9 Å². The molecule has 8 aliphatic carbocycles. The Morgan fingerprint density at radius 1 is 0.574 bits per heavy atom. The largest absolute Gasteiger partial charge is 0.381 e. The zero-order chi connectivity index (χ0) is 49.6. The number of aliphatic hydroxyl groups is 1. The van der Waals surface area contributed by atoms with Crippen molar-refractivity contribution in [2.75, 3.05) is 41.1 Å².